The van der Waals surface area contributed by atoms with Crippen molar-refractivity contribution in [2.24, 2.45) is 11.8 Å². The highest BCUT2D eigenvalue weighted by atomic mass is 19.1. The van der Waals surface area contributed by atoms with Gasteiger partial charge >= 0.3 is 0 Å². The van der Waals surface area contributed by atoms with Gasteiger partial charge in [0.2, 0.25) is 11.8 Å². The van der Waals surface area contributed by atoms with Gasteiger partial charge in [-0.15, -0.1) is 0 Å². The fraction of sp³-hybridized carbons (Fsp3) is 0.443. The second kappa shape index (κ2) is 22.6. The lowest BCUT2D eigenvalue weighted by Gasteiger charge is -2.43. The van der Waals surface area contributed by atoms with Gasteiger partial charge in [0.05, 0.1) is 66.7 Å². The highest BCUT2D eigenvalue weighted by molar-refractivity contribution is 5.81. The number of benzene rings is 2. The fourth-order valence-corrected chi connectivity index (χ4v) is 12.8. The predicted octanol–water partition coefficient (Wildman–Crippen LogP) is 7.20. The van der Waals surface area contributed by atoms with Crippen molar-refractivity contribution in [2.45, 2.75) is 133 Å². The Hall–Kier alpha value is -7.45. The molecule has 2 saturated carbocycles. The van der Waals surface area contributed by atoms with E-state index in [4.69, 9.17) is 4.42 Å². The minimum Gasteiger partial charge on any atom is -0.472 e. The van der Waals surface area contributed by atoms with Crippen LogP contribution in [0, 0.1) is 11.8 Å². The molecule has 2 saturated heterocycles. The Kier molecular flexibility index (Phi) is 15.4. The molecule has 4 fully saturated rings. The van der Waals surface area contributed by atoms with E-state index < -0.39 is 16.9 Å². The average Bonchev–Trinajstić information content (AvgIpc) is 4.34. The monoisotopic (exact) mass is 1090 g/mol. The second-order valence-electron chi connectivity index (χ2n) is 23.0. The van der Waals surface area contributed by atoms with Crippen molar-refractivity contribution in [3.05, 3.63) is 166 Å². The van der Waals surface area contributed by atoms with E-state index in [1.807, 2.05) is 87.0 Å². The molecule has 80 heavy (non-hydrogen) atoms. The van der Waals surface area contributed by atoms with Crippen molar-refractivity contribution < 1.29 is 38.8 Å². The van der Waals surface area contributed by atoms with Crippen molar-refractivity contribution in [2.75, 3.05) is 26.2 Å². The van der Waals surface area contributed by atoms with Crippen molar-refractivity contribution >= 4 is 33.9 Å². The summed E-state index contributed by atoms with van der Waals surface area (Å²) >= 11 is 0. The number of rotatable bonds is 12. The van der Waals surface area contributed by atoms with Gasteiger partial charge in [0, 0.05) is 80.2 Å². The number of hydrogen-bond acceptors (Lipinski definition) is 11. The summed E-state index contributed by atoms with van der Waals surface area (Å²) in [7, 11) is 0. The van der Waals surface area contributed by atoms with Crippen molar-refractivity contribution in [1.29, 1.82) is 0 Å². The van der Waals surface area contributed by atoms with Gasteiger partial charge in [0.25, 0.3) is 11.1 Å². The third kappa shape index (κ3) is 11.2. The van der Waals surface area contributed by atoms with Crippen LogP contribution >= 0.6 is 0 Å². The Morgan fingerprint density at radius 1 is 0.637 bits per heavy atom. The number of aromatic nitrogens is 7. The van der Waals surface area contributed by atoms with Gasteiger partial charge in [0.1, 0.15) is 18.3 Å². The predicted molar refractivity (Wildman–Crippen MR) is 298 cm³/mol. The van der Waals surface area contributed by atoms with Crippen LogP contribution in [0.25, 0.3) is 33.4 Å². The summed E-state index contributed by atoms with van der Waals surface area (Å²) < 4.78 is 28.9. The van der Waals surface area contributed by atoms with Gasteiger partial charge in [-0.1, -0.05) is 37.1 Å². The number of nitrogens with zero attached hydrogens (tertiary/aromatic N) is 9. The van der Waals surface area contributed by atoms with Crippen molar-refractivity contribution in [1.82, 2.24) is 42.6 Å². The van der Waals surface area contributed by atoms with E-state index in [0.29, 0.717) is 86.8 Å². The molecule has 6 aromatic heterocycles. The van der Waals surface area contributed by atoms with Crippen LogP contribution in [0.5, 0.6) is 0 Å². The van der Waals surface area contributed by atoms with Gasteiger partial charge in [-0.25, -0.2) is 14.4 Å². The standard InChI is InChI=1S/C31H35FN4O5.C30H35N5O4/c1-30(32)9-6-24(26(16-30)22-8-15-41-18-22)28(38)34-13-10-31(40,11-14-34)19-35-20-33-27-25(29(35)39)7-12-36(27)23-4-2-21(17-37)3-5-23;36-19-22-7-9-23(10-8-22)35-16-11-25-27(35)31-21-34(29(25)38)20-30(39)12-17-33(18-13-30)28(37)24-5-1-2-6-26(24)32-14-3-4-15-32/h2-5,7-8,12,15,18,20,24,26,37,40H,6,9-11,13-14,16-17,19H2,1H3;3-4,7-11,14-16,21,24,26,36,39H,1-2,5-6,12-13,17-20H2/t24-,26+,30?;24-,26-/m11/s1. The van der Waals surface area contributed by atoms with E-state index in [2.05, 4.69) is 26.9 Å². The fourth-order valence-electron chi connectivity index (χ4n) is 12.8. The lowest BCUT2D eigenvalue weighted by atomic mass is 9.70. The van der Waals surface area contributed by atoms with Gasteiger partial charge in [-0.2, -0.15) is 0 Å². The van der Waals surface area contributed by atoms with Crippen molar-refractivity contribution in [3.63, 3.8) is 0 Å². The maximum Gasteiger partial charge on any atom is 0.262 e. The first-order valence-corrected chi connectivity index (χ1v) is 28.0. The number of aliphatic hydroxyl groups excluding tert-OH is 2. The first-order valence-electron chi connectivity index (χ1n) is 28.0. The molecule has 4 N–H and O–H groups in total. The Bertz CT molecular complexity index is 3550. The summed E-state index contributed by atoms with van der Waals surface area (Å²) in [5.74, 6) is -0.440. The molecule has 4 aliphatic rings. The summed E-state index contributed by atoms with van der Waals surface area (Å²) in [6, 6.07) is 24.3. The molecular formula is C61H70FN9O9. The number of aliphatic hydroxyl groups is 4. The zero-order chi connectivity index (χ0) is 55.8. The number of likely N-dealkylation sites (tertiary alicyclic amines) is 2. The molecule has 8 heterocycles. The number of halogens is 1. The summed E-state index contributed by atoms with van der Waals surface area (Å²) in [5, 5.41) is 42.3. The minimum absolute atomic E-state index is 0.0117. The maximum absolute atomic E-state index is 14.9. The zero-order valence-corrected chi connectivity index (χ0v) is 45.1. The van der Waals surface area contributed by atoms with Gasteiger partial charge in [-0.05, 0) is 136 Å². The number of alkyl halides is 1. The van der Waals surface area contributed by atoms with E-state index >= 15 is 0 Å². The summed E-state index contributed by atoms with van der Waals surface area (Å²) in [4.78, 5) is 66.6. The van der Waals surface area contributed by atoms with Crippen molar-refractivity contribution in [3.8, 4) is 11.4 Å². The van der Waals surface area contributed by atoms with Crippen LogP contribution in [-0.4, -0.2) is 118 Å². The smallest absolute Gasteiger partial charge is 0.262 e. The van der Waals surface area contributed by atoms with Crippen LogP contribution in [0.2, 0.25) is 0 Å². The SMILES string of the molecule is CC1(F)CC[C@@H](C(=O)N2CCC(O)(Cn3cnc4c(ccn4-c4ccc(CO)cc4)c3=O)CC2)[C@H](c2ccoc2)C1.O=C([C@@H]1CCCC[C@H]1n1cccc1)N1CCC(O)(Cn2cnc3c(ccn3-c3ccc(CO)cc3)c2=O)CC1. The number of fused-ring (bicyclic) bond motifs is 2. The molecule has 1 unspecified atom stereocenters. The maximum atomic E-state index is 14.9. The molecule has 0 bridgehead atoms. The van der Waals surface area contributed by atoms with Crippen LogP contribution in [-0.2, 0) is 35.9 Å². The molecule has 2 aliphatic carbocycles. The molecule has 8 aromatic rings. The normalized spacial score (nSPS) is 23.0. The highest BCUT2D eigenvalue weighted by Crippen LogP contribution is 2.46. The Labute approximate surface area is 462 Å². The molecule has 19 heteroatoms. The number of piperidine rings is 2. The molecule has 420 valence electrons. The van der Waals surface area contributed by atoms with E-state index in [9.17, 15) is 44.0 Å². The molecule has 2 amide bonds. The van der Waals surface area contributed by atoms with E-state index in [0.717, 1.165) is 53.7 Å². The number of carbonyl (C=O) groups excluding carboxylic acids is 2. The molecule has 2 aliphatic heterocycles. The molecular weight excluding hydrogens is 1020 g/mol. The molecule has 18 nitrogen and oxygen atoms in total. The van der Waals surface area contributed by atoms with E-state index in [-0.39, 0.29) is 79.5 Å². The van der Waals surface area contributed by atoms with Crippen LogP contribution in [0.15, 0.2) is 143 Å². The molecule has 12 rings (SSSR count). The third-order valence-electron chi connectivity index (χ3n) is 17.5. The lowest BCUT2D eigenvalue weighted by Crippen LogP contribution is -2.52. The Balaban J connectivity index is 0.000000169. The van der Waals surface area contributed by atoms with Crippen LogP contribution in [0.3, 0.4) is 0 Å². The second-order valence-corrected chi connectivity index (χ2v) is 23.0. The topological polar surface area (TPSA) is 219 Å². The van der Waals surface area contributed by atoms with E-state index in [1.54, 1.807) is 42.7 Å². The largest absolute Gasteiger partial charge is 0.472 e. The minimum atomic E-state index is -1.32. The quantitative estimate of drug-likeness (QED) is 0.0959. The number of furan rings is 1. The molecule has 5 atom stereocenters. The van der Waals surface area contributed by atoms with E-state index in [1.165, 1.54) is 21.8 Å². The zero-order valence-electron chi connectivity index (χ0n) is 45.1. The summed E-state index contributed by atoms with van der Waals surface area (Å²) in [5.41, 5.74) is 1.17. The molecule has 0 spiro atoms. The average molecular weight is 1090 g/mol. The Morgan fingerprint density at radius 2 is 1.12 bits per heavy atom. The third-order valence-corrected chi connectivity index (χ3v) is 17.5. The van der Waals surface area contributed by atoms with Gasteiger partial charge < -0.3 is 48.3 Å². The number of carbonyl (C=O) groups is 2. The first-order chi connectivity index (χ1) is 38.6. The van der Waals surface area contributed by atoms with Gasteiger partial charge in [-0.3, -0.25) is 28.3 Å². The number of hydrogen-bond donors (Lipinski definition) is 4. The van der Waals surface area contributed by atoms with Crippen LogP contribution < -0.4 is 11.1 Å². The number of amides is 2. The Morgan fingerprint density at radius 3 is 1.60 bits per heavy atom. The van der Waals surface area contributed by atoms with Crippen LogP contribution in [0.1, 0.15) is 106 Å². The summed E-state index contributed by atoms with van der Waals surface area (Å²) in [6.45, 7) is 3.43. The summed E-state index contributed by atoms with van der Waals surface area (Å²) in [6.07, 6.45) is 20.5. The molecule has 0 radical (unpaired) electrons. The lowest BCUT2D eigenvalue weighted by molar-refractivity contribution is -0.144. The van der Waals surface area contributed by atoms with Gasteiger partial charge in [0.15, 0.2) is 11.3 Å². The first kappa shape index (κ1) is 54.5. The van der Waals surface area contributed by atoms with Crippen LogP contribution in [0.4, 0.5) is 4.39 Å². The highest BCUT2D eigenvalue weighted by Gasteiger charge is 2.45. The molecule has 2 aromatic carbocycles.